The molecule has 0 unspecified atom stereocenters. The van der Waals surface area contributed by atoms with Crippen molar-refractivity contribution in [2.75, 3.05) is 13.6 Å². The van der Waals surface area contributed by atoms with Crippen LogP contribution in [0.4, 0.5) is 0 Å². The predicted octanol–water partition coefficient (Wildman–Crippen LogP) is 1.74. The van der Waals surface area contributed by atoms with Gasteiger partial charge in [0.1, 0.15) is 0 Å². The number of nitrogens with zero attached hydrogens (tertiary/aromatic N) is 1. The lowest BCUT2D eigenvalue weighted by molar-refractivity contribution is -0.119. The molecule has 0 fully saturated rings. The summed E-state index contributed by atoms with van der Waals surface area (Å²) < 4.78 is 0. The lowest BCUT2D eigenvalue weighted by Gasteiger charge is -2.15. The molecule has 0 aliphatic carbocycles. The van der Waals surface area contributed by atoms with Crippen molar-refractivity contribution in [2.45, 2.75) is 13.3 Å². The van der Waals surface area contributed by atoms with E-state index in [1.54, 1.807) is 26.1 Å². The zero-order valence-corrected chi connectivity index (χ0v) is 9.06. The number of amides is 1. The quantitative estimate of drug-likeness (QED) is 0.750. The van der Waals surface area contributed by atoms with Crippen LogP contribution in [-0.2, 0) is 4.79 Å². The molecule has 0 atom stereocenters. The van der Waals surface area contributed by atoms with Crippen molar-refractivity contribution in [3.8, 4) is 0 Å². The van der Waals surface area contributed by atoms with E-state index < -0.39 is 0 Å². The molecule has 0 N–H and O–H groups in total. The fourth-order valence-corrected chi connectivity index (χ4v) is 1.25. The first-order valence-electron chi connectivity index (χ1n) is 4.97. The van der Waals surface area contributed by atoms with E-state index >= 15 is 0 Å². The van der Waals surface area contributed by atoms with Crippen molar-refractivity contribution in [1.29, 1.82) is 0 Å². The van der Waals surface area contributed by atoms with Gasteiger partial charge in [0, 0.05) is 19.0 Å². The Morgan fingerprint density at radius 3 is 2.33 bits per heavy atom. The van der Waals surface area contributed by atoms with Crippen molar-refractivity contribution in [3.05, 3.63) is 35.9 Å². The van der Waals surface area contributed by atoms with Crippen molar-refractivity contribution in [2.24, 2.45) is 0 Å². The van der Waals surface area contributed by atoms with Crippen LogP contribution in [0.1, 0.15) is 23.7 Å². The van der Waals surface area contributed by atoms with Crippen LogP contribution in [0.3, 0.4) is 0 Å². The van der Waals surface area contributed by atoms with Crippen LogP contribution in [0, 0.1) is 0 Å². The molecule has 15 heavy (non-hydrogen) atoms. The molecule has 1 rings (SSSR count). The van der Waals surface area contributed by atoms with Gasteiger partial charge in [-0.1, -0.05) is 25.1 Å². The monoisotopic (exact) mass is 205 g/mol. The highest BCUT2D eigenvalue weighted by molar-refractivity contribution is 5.96. The van der Waals surface area contributed by atoms with E-state index in [1.165, 1.54) is 4.90 Å². The third kappa shape index (κ3) is 3.20. The third-order valence-corrected chi connectivity index (χ3v) is 2.18. The minimum atomic E-state index is -0.114. The van der Waals surface area contributed by atoms with Crippen LogP contribution >= 0.6 is 0 Å². The van der Waals surface area contributed by atoms with Crippen molar-refractivity contribution in [3.63, 3.8) is 0 Å². The van der Waals surface area contributed by atoms with E-state index in [0.717, 1.165) is 0 Å². The van der Waals surface area contributed by atoms with Crippen molar-refractivity contribution in [1.82, 2.24) is 4.90 Å². The van der Waals surface area contributed by atoms with Gasteiger partial charge in [0.25, 0.3) is 5.91 Å². The molecule has 0 bridgehead atoms. The maximum atomic E-state index is 11.8. The van der Waals surface area contributed by atoms with Gasteiger partial charge in [0.05, 0.1) is 6.54 Å². The Balaban J connectivity index is 2.65. The number of carbonyl (C=O) groups excluding carboxylic acids is 2. The Morgan fingerprint density at radius 2 is 1.80 bits per heavy atom. The van der Waals surface area contributed by atoms with Crippen LogP contribution in [0.15, 0.2) is 30.3 Å². The molecule has 0 spiro atoms. The number of likely N-dealkylation sites (N-methyl/N-ethyl adjacent to an activating group) is 1. The van der Waals surface area contributed by atoms with E-state index in [9.17, 15) is 9.59 Å². The van der Waals surface area contributed by atoms with Gasteiger partial charge in [0.2, 0.25) is 0 Å². The SMILES string of the molecule is CCC(=O)CN(C)C(=O)c1ccccc1. The number of hydrogen-bond donors (Lipinski definition) is 0. The third-order valence-electron chi connectivity index (χ3n) is 2.18. The summed E-state index contributed by atoms with van der Waals surface area (Å²) in [6, 6.07) is 8.96. The first kappa shape index (κ1) is 11.4. The molecule has 0 aliphatic heterocycles. The minimum Gasteiger partial charge on any atom is -0.334 e. The number of Topliss-reactive ketones (excluding diaryl/α,β-unsaturated/α-hetero) is 1. The Bertz CT molecular complexity index is 346. The largest absolute Gasteiger partial charge is 0.334 e. The Hall–Kier alpha value is -1.64. The highest BCUT2D eigenvalue weighted by Crippen LogP contribution is 2.03. The van der Waals surface area contributed by atoms with Crippen LogP contribution in [0.2, 0.25) is 0 Å². The fourth-order valence-electron chi connectivity index (χ4n) is 1.25. The highest BCUT2D eigenvalue weighted by atomic mass is 16.2. The number of rotatable bonds is 4. The molecule has 1 aromatic carbocycles. The summed E-state index contributed by atoms with van der Waals surface area (Å²) in [4.78, 5) is 24.4. The molecule has 0 saturated carbocycles. The standard InChI is InChI=1S/C12H15NO2/c1-3-11(14)9-13(2)12(15)10-7-5-4-6-8-10/h4-8H,3,9H2,1-2H3. The molecule has 0 saturated heterocycles. The van der Waals surface area contributed by atoms with E-state index in [0.29, 0.717) is 12.0 Å². The first-order chi connectivity index (χ1) is 7.15. The minimum absolute atomic E-state index is 0.0711. The second-order valence-corrected chi connectivity index (χ2v) is 3.42. The van der Waals surface area contributed by atoms with Gasteiger partial charge in [-0.3, -0.25) is 9.59 Å². The lowest BCUT2D eigenvalue weighted by atomic mass is 10.2. The second kappa shape index (κ2) is 5.29. The summed E-state index contributed by atoms with van der Waals surface area (Å²) in [5.74, 6) is -0.0424. The molecule has 1 aromatic rings. The van der Waals surface area contributed by atoms with E-state index in [1.807, 2.05) is 18.2 Å². The van der Waals surface area contributed by atoms with Crippen LogP contribution < -0.4 is 0 Å². The maximum Gasteiger partial charge on any atom is 0.253 e. The van der Waals surface area contributed by atoms with Gasteiger partial charge in [-0.25, -0.2) is 0 Å². The zero-order chi connectivity index (χ0) is 11.3. The Labute approximate surface area is 89.7 Å². The second-order valence-electron chi connectivity index (χ2n) is 3.42. The van der Waals surface area contributed by atoms with Gasteiger partial charge in [-0.05, 0) is 12.1 Å². The van der Waals surface area contributed by atoms with Crippen LogP contribution in [0.5, 0.6) is 0 Å². The van der Waals surface area contributed by atoms with Gasteiger partial charge in [0.15, 0.2) is 5.78 Å². The van der Waals surface area contributed by atoms with Crippen LogP contribution in [0.25, 0.3) is 0 Å². The average Bonchev–Trinajstić information content (AvgIpc) is 2.29. The number of hydrogen-bond acceptors (Lipinski definition) is 2. The van der Waals surface area contributed by atoms with Crippen LogP contribution in [-0.4, -0.2) is 30.2 Å². The number of benzene rings is 1. The van der Waals surface area contributed by atoms with Crippen molar-refractivity contribution < 1.29 is 9.59 Å². The summed E-state index contributed by atoms with van der Waals surface area (Å²) in [6.45, 7) is 1.98. The molecule has 0 radical (unpaired) electrons. The zero-order valence-electron chi connectivity index (χ0n) is 9.06. The number of ketones is 1. The maximum absolute atomic E-state index is 11.8. The Morgan fingerprint density at radius 1 is 1.20 bits per heavy atom. The first-order valence-corrected chi connectivity index (χ1v) is 4.97. The topological polar surface area (TPSA) is 37.4 Å². The summed E-state index contributed by atoms with van der Waals surface area (Å²) in [5, 5.41) is 0. The molecule has 3 nitrogen and oxygen atoms in total. The van der Waals surface area contributed by atoms with Gasteiger partial charge >= 0.3 is 0 Å². The molecule has 0 heterocycles. The van der Waals surface area contributed by atoms with Crippen molar-refractivity contribution >= 4 is 11.7 Å². The van der Waals surface area contributed by atoms with Gasteiger partial charge in [-0.15, -0.1) is 0 Å². The summed E-state index contributed by atoms with van der Waals surface area (Å²) >= 11 is 0. The summed E-state index contributed by atoms with van der Waals surface area (Å²) in [5.41, 5.74) is 0.615. The van der Waals surface area contributed by atoms with Gasteiger partial charge in [-0.2, -0.15) is 0 Å². The molecule has 0 aliphatic rings. The average molecular weight is 205 g/mol. The fraction of sp³-hybridized carbons (Fsp3) is 0.333. The van der Waals surface area contributed by atoms with E-state index in [2.05, 4.69) is 0 Å². The molecule has 80 valence electrons. The predicted molar refractivity (Wildman–Crippen MR) is 58.7 cm³/mol. The number of carbonyl (C=O) groups is 2. The highest BCUT2D eigenvalue weighted by Gasteiger charge is 2.12. The molecular weight excluding hydrogens is 190 g/mol. The normalized spacial score (nSPS) is 9.73. The van der Waals surface area contributed by atoms with Gasteiger partial charge < -0.3 is 4.90 Å². The summed E-state index contributed by atoms with van der Waals surface area (Å²) in [7, 11) is 1.64. The molecule has 3 heteroatoms. The molecule has 0 aromatic heterocycles. The Kier molecular flexibility index (Phi) is 4.03. The molecular formula is C12H15NO2. The smallest absolute Gasteiger partial charge is 0.253 e. The lowest BCUT2D eigenvalue weighted by Crippen LogP contribution is -2.31. The molecule has 1 amide bonds. The summed E-state index contributed by atoms with van der Waals surface area (Å²) in [6.07, 6.45) is 0.465. The van der Waals surface area contributed by atoms with E-state index in [-0.39, 0.29) is 18.2 Å². The van der Waals surface area contributed by atoms with E-state index in [4.69, 9.17) is 0 Å².